The molecule has 0 unspecified atom stereocenters. The average molecular weight is 300 g/mol. The summed E-state index contributed by atoms with van der Waals surface area (Å²) in [6.45, 7) is 2.91. The highest BCUT2D eigenvalue weighted by atomic mass is 35.5. The van der Waals surface area contributed by atoms with Crippen molar-refractivity contribution in [1.29, 1.82) is 0 Å². The van der Waals surface area contributed by atoms with Gasteiger partial charge in [0.2, 0.25) is 0 Å². The maximum Gasteiger partial charge on any atom is 0.0900 e. The molecule has 2 N–H and O–H groups in total. The van der Waals surface area contributed by atoms with Crippen molar-refractivity contribution >= 4 is 11.6 Å². The van der Waals surface area contributed by atoms with Gasteiger partial charge in [-0.15, -0.1) is 0 Å². The van der Waals surface area contributed by atoms with Gasteiger partial charge in [0, 0.05) is 18.1 Å². The van der Waals surface area contributed by atoms with Crippen LogP contribution in [0.5, 0.6) is 0 Å². The van der Waals surface area contributed by atoms with Crippen molar-refractivity contribution in [2.24, 2.45) is 0 Å². The van der Waals surface area contributed by atoms with Gasteiger partial charge in [-0.25, -0.2) is 0 Å². The van der Waals surface area contributed by atoms with Crippen LogP contribution in [0.4, 0.5) is 0 Å². The Hall–Kier alpha value is -0.650. The zero-order chi connectivity index (χ0) is 14.4. The SMILES string of the molecule is O[C@@H]1CCCN(C[C@H](O)COCc2ccc(Cl)cc2)C1. The van der Waals surface area contributed by atoms with Gasteiger partial charge in [0.15, 0.2) is 0 Å². The summed E-state index contributed by atoms with van der Waals surface area (Å²) < 4.78 is 5.51. The molecule has 0 saturated carbocycles. The molecule has 4 nitrogen and oxygen atoms in total. The van der Waals surface area contributed by atoms with E-state index in [1.54, 1.807) is 0 Å². The number of rotatable bonds is 6. The fourth-order valence-corrected chi connectivity index (χ4v) is 2.57. The maximum atomic E-state index is 9.94. The molecule has 0 radical (unpaired) electrons. The molecule has 1 aliphatic rings. The molecule has 0 spiro atoms. The third kappa shape index (κ3) is 5.38. The Kier molecular flexibility index (Phi) is 6.26. The first-order valence-corrected chi connectivity index (χ1v) is 7.42. The Morgan fingerprint density at radius 2 is 2.10 bits per heavy atom. The summed E-state index contributed by atoms with van der Waals surface area (Å²) in [7, 11) is 0. The van der Waals surface area contributed by atoms with Crippen LogP contribution in [0.3, 0.4) is 0 Å². The summed E-state index contributed by atoms with van der Waals surface area (Å²) in [6, 6.07) is 7.48. The number of nitrogens with zero attached hydrogens (tertiary/aromatic N) is 1. The van der Waals surface area contributed by atoms with Gasteiger partial charge in [-0.1, -0.05) is 23.7 Å². The van der Waals surface area contributed by atoms with Gasteiger partial charge >= 0.3 is 0 Å². The third-order valence-corrected chi connectivity index (χ3v) is 3.69. The van der Waals surface area contributed by atoms with Crippen LogP contribution in [0, 0.1) is 0 Å². The standard InChI is InChI=1S/C15H22ClNO3/c16-13-5-3-12(4-6-13)10-20-11-15(19)9-17-7-1-2-14(18)8-17/h3-6,14-15,18-19H,1-2,7-11H2/t14-,15+/m1/s1. The van der Waals surface area contributed by atoms with Crippen molar-refractivity contribution in [3.8, 4) is 0 Å². The largest absolute Gasteiger partial charge is 0.392 e. The summed E-state index contributed by atoms with van der Waals surface area (Å²) in [5.41, 5.74) is 1.04. The molecular weight excluding hydrogens is 278 g/mol. The molecule has 5 heteroatoms. The normalized spacial score (nSPS) is 21.9. The van der Waals surface area contributed by atoms with Crippen LogP contribution in [-0.4, -0.2) is 53.6 Å². The van der Waals surface area contributed by atoms with Gasteiger partial charge in [-0.3, -0.25) is 4.90 Å². The molecule has 0 aliphatic carbocycles. The number of aliphatic hydroxyl groups is 2. The highest BCUT2D eigenvalue weighted by Gasteiger charge is 2.19. The third-order valence-electron chi connectivity index (χ3n) is 3.44. The predicted molar refractivity (Wildman–Crippen MR) is 78.8 cm³/mol. The molecule has 112 valence electrons. The molecule has 1 heterocycles. The lowest BCUT2D eigenvalue weighted by Crippen LogP contribution is -2.43. The number of piperidine rings is 1. The van der Waals surface area contributed by atoms with Crippen LogP contribution in [0.25, 0.3) is 0 Å². The number of halogens is 1. The summed E-state index contributed by atoms with van der Waals surface area (Å²) in [6.07, 6.45) is 1.07. The molecular formula is C15H22ClNO3. The van der Waals surface area contributed by atoms with Crippen molar-refractivity contribution in [1.82, 2.24) is 4.90 Å². The zero-order valence-electron chi connectivity index (χ0n) is 11.5. The second kappa shape index (κ2) is 7.96. The smallest absolute Gasteiger partial charge is 0.0900 e. The molecule has 1 aromatic carbocycles. The zero-order valence-corrected chi connectivity index (χ0v) is 12.3. The number of likely N-dealkylation sites (tertiary alicyclic amines) is 1. The van der Waals surface area contributed by atoms with Gasteiger partial charge < -0.3 is 14.9 Å². The lowest BCUT2D eigenvalue weighted by atomic mass is 10.1. The molecule has 1 aliphatic heterocycles. The number of benzene rings is 1. The van der Waals surface area contributed by atoms with Gasteiger partial charge in [-0.2, -0.15) is 0 Å². The maximum absolute atomic E-state index is 9.94. The minimum absolute atomic E-state index is 0.258. The van der Waals surface area contributed by atoms with E-state index in [0.717, 1.165) is 24.9 Å². The van der Waals surface area contributed by atoms with Gasteiger partial charge in [0.05, 0.1) is 25.4 Å². The van der Waals surface area contributed by atoms with Crippen molar-refractivity contribution in [3.05, 3.63) is 34.9 Å². The van der Waals surface area contributed by atoms with Crippen LogP contribution in [-0.2, 0) is 11.3 Å². The first-order chi connectivity index (χ1) is 9.63. The minimum atomic E-state index is -0.521. The van der Waals surface area contributed by atoms with Crippen LogP contribution < -0.4 is 0 Å². The molecule has 2 atom stereocenters. The fraction of sp³-hybridized carbons (Fsp3) is 0.600. The van der Waals surface area contributed by atoms with E-state index in [-0.39, 0.29) is 6.10 Å². The van der Waals surface area contributed by atoms with E-state index in [9.17, 15) is 10.2 Å². The summed E-state index contributed by atoms with van der Waals surface area (Å²) >= 11 is 5.81. The van der Waals surface area contributed by atoms with Crippen molar-refractivity contribution < 1.29 is 14.9 Å². The number of β-amino-alcohol motifs (C(OH)–C–C–N with tert-alkyl or cyclic N) is 2. The van der Waals surface area contributed by atoms with E-state index in [1.165, 1.54) is 0 Å². The van der Waals surface area contributed by atoms with E-state index in [1.807, 2.05) is 24.3 Å². The van der Waals surface area contributed by atoms with Crippen LogP contribution in [0.2, 0.25) is 5.02 Å². The Morgan fingerprint density at radius 3 is 2.80 bits per heavy atom. The molecule has 20 heavy (non-hydrogen) atoms. The van der Waals surface area contributed by atoms with Crippen molar-refractivity contribution in [2.75, 3.05) is 26.2 Å². The monoisotopic (exact) mass is 299 g/mol. The highest BCUT2D eigenvalue weighted by Crippen LogP contribution is 2.12. The lowest BCUT2D eigenvalue weighted by molar-refractivity contribution is -0.00734. The molecule has 2 rings (SSSR count). The quantitative estimate of drug-likeness (QED) is 0.839. The van der Waals surface area contributed by atoms with E-state index in [2.05, 4.69) is 4.90 Å². The minimum Gasteiger partial charge on any atom is -0.392 e. The number of ether oxygens (including phenoxy) is 1. The Morgan fingerprint density at radius 1 is 1.35 bits per heavy atom. The number of hydrogen-bond acceptors (Lipinski definition) is 4. The average Bonchev–Trinajstić information content (AvgIpc) is 2.41. The molecule has 0 bridgehead atoms. The van der Waals surface area contributed by atoms with Gasteiger partial charge in [0.1, 0.15) is 0 Å². The second-order valence-corrected chi connectivity index (χ2v) is 5.79. The summed E-state index contributed by atoms with van der Waals surface area (Å²) in [5, 5.41) is 20.2. The van der Waals surface area contributed by atoms with Crippen molar-refractivity contribution in [3.63, 3.8) is 0 Å². The predicted octanol–water partition coefficient (Wildman–Crippen LogP) is 1.67. The first-order valence-electron chi connectivity index (χ1n) is 7.04. The number of hydrogen-bond donors (Lipinski definition) is 2. The Bertz CT molecular complexity index is 399. The Labute approximate surface area is 124 Å². The Balaban J connectivity index is 1.64. The molecule has 1 saturated heterocycles. The van der Waals surface area contributed by atoms with Crippen molar-refractivity contribution in [2.45, 2.75) is 31.7 Å². The van der Waals surface area contributed by atoms with E-state index >= 15 is 0 Å². The topological polar surface area (TPSA) is 52.9 Å². The van der Waals surface area contributed by atoms with Crippen LogP contribution >= 0.6 is 11.6 Å². The fourth-order valence-electron chi connectivity index (χ4n) is 2.44. The molecule has 0 aromatic heterocycles. The first kappa shape index (κ1) is 15.7. The second-order valence-electron chi connectivity index (χ2n) is 5.35. The van der Waals surface area contributed by atoms with E-state index in [4.69, 9.17) is 16.3 Å². The summed E-state index contributed by atoms with van der Waals surface area (Å²) in [4.78, 5) is 2.09. The van der Waals surface area contributed by atoms with E-state index in [0.29, 0.717) is 31.3 Å². The number of aliphatic hydroxyl groups excluding tert-OH is 2. The van der Waals surface area contributed by atoms with Gasteiger partial charge in [-0.05, 0) is 37.1 Å². The molecule has 0 amide bonds. The summed E-state index contributed by atoms with van der Waals surface area (Å²) in [5.74, 6) is 0. The molecule has 1 fully saturated rings. The van der Waals surface area contributed by atoms with Crippen LogP contribution in [0.1, 0.15) is 18.4 Å². The molecule has 1 aromatic rings. The van der Waals surface area contributed by atoms with Gasteiger partial charge in [0.25, 0.3) is 0 Å². The van der Waals surface area contributed by atoms with Crippen LogP contribution in [0.15, 0.2) is 24.3 Å². The van der Waals surface area contributed by atoms with E-state index < -0.39 is 6.10 Å². The lowest BCUT2D eigenvalue weighted by Gasteiger charge is -2.31. The highest BCUT2D eigenvalue weighted by molar-refractivity contribution is 6.30.